The lowest BCUT2D eigenvalue weighted by Crippen LogP contribution is -2.19. The molecule has 138 valence electrons. The van der Waals surface area contributed by atoms with Crippen LogP contribution in [0.1, 0.15) is 17.5 Å². The number of fused-ring (bicyclic) bond motifs is 1. The fourth-order valence-corrected chi connectivity index (χ4v) is 3.22. The van der Waals surface area contributed by atoms with E-state index in [0.717, 1.165) is 38.2 Å². The zero-order chi connectivity index (χ0) is 18.4. The van der Waals surface area contributed by atoms with Gasteiger partial charge >= 0.3 is 6.09 Å². The standard InChI is InChI=1S/C21H27N3O2/c1-23(2)12-6-14-26-21(25)22-19-9-10-20-18(15-19)11-13-24(20)16-17-7-4-3-5-8-17/h3-5,7-10,15H,6,11-14,16H2,1-2H3,(H,22,25). The molecule has 1 heterocycles. The highest BCUT2D eigenvalue weighted by Gasteiger charge is 2.19. The molecule has 26 heavy (non-hydrogen) atoms. The van der Waals surface area contributed by atoms with Gasteiger partial charge in [-0.25, -0.2) is 4.79 Å². The number of hydrogen-bond donors (Lipinski definition) is 1. The minimum Gasteiger partial charge on any atom is -0.449 e. The molecular weight excluding hydrogens is 326 g/mol. The predicted molar refractivity (Wildman–Crippen MR) is 106 cm³/mol. The molecule has 0 radical (unpaired) electrons. The normalized spacial score (nSPS) is 13.0. The SMILES string of the molecule is CN(C)CCCOC(=O)Nc1ccc2c(c1)CCN2Cc1ccccc1. The second-order valence-corrected chi connectivity index (χ2v) is 6.92. The van der Waals surface area contributed by atoms with E-state index in [2.05, 4.69) is 51.5 Å². The first-order valence-corrected chi connectivity index (χ1v) is 9.12. The third-order valence-corrected chi connectivity index (χ3v) is 4.52. The average Bonchev–Trinajstić information content (AvgIpc) is 3.01. The van der Waals surface area contributed by atoms with Gasteiger partial charge in [0.25, 0.3) is 0 Å². The van der Waals surface area contributed by atoms with E-state index in [-0.39, 0.29) is 6.09 Å². The molecule has 1 N–H and O–H groups in total. The van der Waals surface area contributed by atoms with Crippen molar-refractivity contribution in [1.29, 1.82) is 0 Å². The second-order valence-electron chi connectivity index (χ2n) is 6.92. The number of rotatable bonds is 7. The highest BCUT2D eigenvalue weighted by Crippen LogP contribution is 2.31. The van der Waals surface area contributed by atoms with Gasteiger partial charge in [0.1, 0.15) is 0 Å². The van der Waals surface area contributed by atoms with E-state index in [1.54, 1.807) is 0 Å². The van der Waals surface area contributed by atoms with Crippen LogP contribution < -0.4 is 10.2 Å². The third kappa shape index (κ3) is 4.99. The van der Waals surface area contributed by atoms with Crippen LogP contribution in [-0.4, -0.2) is 44.8 Å². The molecule has 0 bridgehead atoms. The van der Waals surface area contributed by atoms with Crippen molar-refractivity contribution in [1.82, 2.24) is 4.90 Å². The smallest absolute Gasteiger partial charge is 0.411 e. The second kappa shape index (κ2) is 8.72. The summed E-state index contributed by atoms with van der Waals surface area (Å²) in [5.41, 5.74) is 4.62. The summed E-state index contributed by atoms with van der Waals surface area (Å²) in [5.74, 6) is 0. The van der Waals surface area contributed by atoms with Crippen LogP contribution in [0.3, 0.4) is 0 Å². The van der Waals surface area contributed by atoms with E-state index >= 15 is 0 Å². The first-order valence-electron chi connectivity index (χ1n) is 9.12. The molecule has 0 fully saturated rings. The Hall–Kier alpha value is -2.53. The van der Waals surface area contributed by atoms with Gasteiger partial charge in [0.2, 0.25) is 0 Å². The summed E-state index contributed by atoms with van der Waals surface area (Å²) in [5, 5.41) is 2.83. The summed E-state index contributed by atoms with van der Waals surface area (Å²) < 4.78 is 5.23. The van der Waals surface area contributed by atoms with Crippen molar-refractivity contribution in [2.45, 2.75) is 19.4 Å². The maximum atomic E-state index is 11.9. The Morgan fingerprint density at radius 3 is 2.77 bits per heavy atom. The molecule has 1 aliphatic rings. The summed E-state index contributed by atoms with van der Waals surface area (Å²) in [6.07, 6.45) is 1.44. The topological polar surface area (TPSA) is 44.8 Å². The Morgan fingerprint density at radius 1 is 1.19 bits per heavy atom. The van der Waals surface area contributed by atoms with Gasteiger partial charge in [0.15, 0.2) is 0 Å². The molecule has 0 saturated carbocycles. The largest absolute Gasteiger partial charge is 0.449 e. The number of amides is 1. The van der Waals surface area contributed by atoms with Crippen LogP contribution in [0.5, 0.6) is 0 Å². The molecule has 0 aliphatic carbocycles. The fourth-order valence-electron chi connectivity index (χ4n) is 3.22. The van der Waals surface area contributed by atoms with Crippen molar-refractivity contribution in [3.63, 3.8) is 0 Å². The summed E-state index contributed by atoms with van der Waals surface area (Å²) in [6, 6.07) is 16.6. The maximum Gasteiger partial charge on any atom is 0.411 e. The van der Waals surface area contributed by atoms with Crippen LogP contribution >= 0.6 is 0 Å². The van der Waals surface area contributed by atoms with Crippen molar-refractivity contribution in [3.05, 3.63) is 59.7 Å². The van der Waals surface area contributed by atoms with Crippen molar-refractivity contribution < 1.29 is 9.53 Å². The van der Waals surface area contributed by atoms with Gasteiger partial charge < -0.3 is 14.5 Å². The zero-order valence-electron chi connectivity index (χ0n) is 15.6. The fraction of sp³-hybridized carbons (Fsp3) is 0.381. The number of hydrogen-bond acceptors (Lipinski definition) is 4. The number of nitrogens with zero attached hydrogens (tertiary/aromatic N) is 2. The number of carbonyl (C=O) groups is 1. The molecule has 1 amide bonds. The van der Waals surface area contributed by atoms with Crippen molar-refractivity contribution >= 4 is 17.5 Å². The minimum absolute atomic E-state index is 0.386. The van der Waals surface area contributed by atoms with Crippen molar-refractivity contribution in [2.75, 3.05) is 44.0 Å². The lowest BCUT2D eigenvalue weighted by Gasteiger charge is -2.19. The maximum absolute atomic E-state index is 11.9. The van der Waals surface area contributed by atoms with Crippen LogP contribution in [0.4, 0.5) is 16.2 Å². The predicted octanol–water partition coefficient (Wildman–Crippen LogP) is 3.75. The monoisotopic (exact) mass is 353 g/mol. The molecule has 2 aromatic carbocycles. The minimum atomic E-state index is -0.386. The molecule has 1 aliphatic heterocycles. The highest BCUT2D eigenvalue weighted by atomic mass is 16.5. The summed E-state index contributed by atoms with van der Waals surface area (Å²) in [7, 11) is 4.01. The first-order chi connectivity index (χ1) is 12.6. The number of nitrogens with one attached hydrogen (secondary N) is 1. The molecule has 0 spiro atoms. The van der Waals surface area contributed by atoms with E-state index in [4.69, 9.17) is 4.74 Å². The van der Waals surface area contributed by atoms with E-state index < -0.39 is 0 Å². The third-order valence-electron chi connectivity index (χ3n) is 4.52. The Kier molecular flexibility index (Phi) is 6.12. The Bertz CT molecular complexity index is 731. The molecular formula is C21H27N3O2. The van der Waals surface area contributed by atoms with Gasteiger partial charge in [-0.3, -0.25) is 5.32 Å². The molecule has 5 nitrogen and oxygen atoms in total. The number of carbonyl (C=O) groups excluding carboxylic acids is 1. The molecule has 5 heteroatoms. The van der Waals surface area contributed by atoms with Crippen molar-refractivity contribution in [2.24, 2.45) is 0 Å². The molecule has 2 aromatic rings. The Balaban J connectivity index is 1.54. The summed E-state index contributed by atoms with van der Waals surface area (Å²) in [4.78, 5) is 16.4. The van der Waals surface area contributed by atoms with Crippen LogP contribution in [0.25, 0.3) is 0 Å². The summed E-state index contributed by atoms with van der Waals surface area (Å²) in [6.45, 7) is 3.25. The van der Waals surface area contributed by atoms with Crippen molar-refractivity contribution in [3.8, 4) is 0 Å². The van der Waals surface area contributed by atoms with Gasteiger partial charge in [0, 0.05) is 31.0 Å². The lowest BCUT2D eigenvalue weighted by molar-refractivity contribution is 0.156. The van der Waals surface area contributed by atoms with Gasteiger partial charge in [-0.2, -0.15) is 0 Å². The molecule has 0 saturated heterocycles. The van der Waals surface area contributed by atoms with Gasteiger partial charge in [-0.1, -0.05) is 30.3 Å². The number of ether oxygens (including phenoxy) is 1. The Labute approximate surface area is 155 Å². The number of benzene rings is 2. The first kappa shape index (κ1) is 18.3. The highest BCUT2D eigenvalue weighted by molar-refractivity contribution is 5.85. The quantitative estimate of drug-likeness (QED) is 0.770. The van der Waals surface area contributed by atoms with E-state index in [9.17, 15) is 4.79 Å². The zero-order valence-corrected chi connectivity index (χ0v) is 15.6. The molecule has 0 atom stereocenters. The number of anilines is 2. The van der Waals surface area contributed by atoms with E-state index in [1.165, 1.54) is 16.8 Å². The Morgan fingerprint density at radius 2 is 2.00 bits per heavy atom. The molecule has 0 unspecified atom stereocenters. The van der Waals surface area contributed by atoms with Crippen LogP contribution in [0.2, 0.25) is 0 Å². The average molecular weight is 353 g/mol. The molecule has 0 aromatic heterocycles. The van der Waals surface area contributed by atoms with Crippen LogP contribution in [0, 0.1) is 0 Å². The van der Waals surface area contributed by atoms with Crippen LogP contribution in [0.15, 0.2) is 48.5 Å². The van der Waals surface area contributed by atoms with E-state index in [1.807, 2.05) is 26.2 Å². The lowest BCUT2D eigenvalue weighted by atomic mass is 10.1. The van der Waals surface area contributed by atoms with Gasteiger partial charge in [-0.15, -0.1) is 0 Å². The van der Waals surface area contributed by atoms with Gasteiger partial charge in [-0.05, 0) is 56.3 Å². The van der Waals surface area contributed by atoms with E-state index in [0.29, 0.717) is 6.61 Å². The van der Waals surface area contributed by atoms with Gasteiger partial charge in [0.05, 0.1) is 6.61 Å². The molecule has 3 rings (SSSR count). The summed E-state index contributed by atoms with van der Waals surface area (Å²) >= 11 is 0. The van der Waals surface area contributed by atoms with Crippen LogP contribution in [-0.2, 0) is 17.7 Å².